The van der Waals surface area contributed by atoms with E-state index in [1.165, 1.54) is 12.1 Å². The molecule has 0 aromatic heterocycles. The van der Waals surface area contributed by atoms with Gasteiger partial charge >= 0.3 is 0 Å². The Kier molecular flexibility index (Phi) is 6.28. The number of nitrogens with one attached hydrogen (secondary N) is 1. The third-order valence-corrected chi connectivity index (χ3v) is 4.42. The van der Waals surface area contributed by atoms with Gasteiger partial charge in [-0.1, -0.05) is 35.9 Å². The largest absolute Gasteiger partial charge is 0.349 e. The Morgan fingerprint density at radius 2 is 1.82 bits per heavy atom. The van der Waals surface area contributed by atoms with Gasteiger partial charge in [0.25, 0.3) is 0 Å². The molecule has 2 aromatic rings. The van der Waals surface area contributed by atoms with Crippen LogP contribution in [0.15, 0.2) is 48.5 Å². The number of benzene rings is 2. The van der Waals surface area contributed by atoms with Crippen molar-refractivity contribution in [3.63, 3.8) is 0 Å². The van der Waals surface area contributed by atoms with E-state index in [2.05, 4.69) is 5.32 Å². The Morgan fingerprint density at radius 3 is 2.45 bits per heavy atom. The van der Waals surface area contributed by atoms with Crippen molar-refractivity contribution in [1.29, 1.82) is 0 Å². The van der Waals surface area contributed by atoms with Crippen LogP contribution >= 0.6 is 23.4 Å². The highest BCUT2D eigenvalue weighted by Crippen LogP contribution is 2.16. The van der Waals surface area contributed by atoms with E-state index < -0.39 is 0 Å². The van der Waals surface area contributed by atoms with Crippen LogP contribution in [0.4, 0.5) is 4.39 Å². The normalized spacial score (nSPS) is 12.0. The highest BCUT2D eigenvalue weighted by molar-refractivity contribution is 7.99. The minimum absolute atomic E-state index is 0.0317. The zero-order valence-corrected chi connectivity index (χ0v) is 13.8. The Bertz CT molecular complexity index is 616. The van der Waals surface area contributed by atoms with Gasteiger partial charge in [0.15, 0.2) is 0 Å². The summed E-state index contributed by atoms with van der Waals surface area (Å²) in [5, 5.41) is 3.62. The van der Waals surface area contributed by atoms with Crippen molar-refractivity contribution in [1.82, 2.24) is 5.32 Å². The summed E-state index contributed by atoms with van der Waals surface area (Å²) in [6, 6.07) is 13.6. The van der Waals surface area contributed by atoms with Crippen LogP contribution in [-0.4, -0.2) is 11.7 Å². The van der Waals surface area contributed by atoms with E-state index in [0.717, 1.165) is 16.9 Å². The van der Waals surface area contributed by atoms with Gasteiger partial charge in [-0.15, -0.1) is 11.8 Å². The molecule has 0 bridgehead atoms. The number of hydrogen-bond donors (Lipinski definition) is 1. The highest BCUT2D eigenvalue weighted by atomic mass is 35.5. The van der Waals surface area contributed by atoms with Crippen LogP contribution in [-0.2, 0) is 10.5 Å². The molecule has 116 valence electrons. The molecule has 2 nitrogen and oxygen atoms in total. The minimum Gasteiger partial charge on any atom is -0.349 e. The monoisotopic (exact) mass is 337 g/mol. The van der Waals surface area contributed by atoms with Crippen molar-refractivity contribution in [3.05, 3.63) is 70.5 Å². The lowest BCUT2D eigenvalue weighted by Gasteiger charge is -2.14. The maximum atomic E-state index is 12.9. The maximum absolute atomic E-state index is 12.9. The average molecular weight is 338 g/mol. The average Bonchev–Trinajstić information content (AvgIpc) is 2.50. The minimum atomic E-state index is -0.277. The smallest absolute Gasteiger partial charge is 0.230 e. The fraction of sp³-hybridized carbons (Fsp3) is 0.235. The first-order valence-electron chi connectivity index (χ1n) is 6.91. The van der Waals surface area contributed by atoms with Crippen LogP contribution in [0.1, 0.15) is 24.1 Å². The molecular weight excluding hydrogens is 321 g/mol. The van der Waals surface area contributed by atoms with Crippen molar-refractivity contribution in [2.45, 2.75) is 18.7 Å². The van der Waals surface area contributed by atoms with E-state index >= 15 is 0 Å². The quantitative estimate of drug-likeness (QED) is 0.835. The zero-order chi connectivity index (χ0) is 15.9. The number of thioether (sulfide) groups is 1. The van der Waals surface area contributed by atoms with E-state index in [4.69, 9.17) is 11.6 Å². The van der Waals surface area contributed by atoms with Crippen LogP contribution < -0.4 is 5.32 Å². The molecule has 0 radical (unpaired) electrons. The summed E-state index contributed by atoms with van der Waals surface area (Å²) in [4.78, 5) is 11.9. The van der Waals surface area contributed by atoms with Crippen molar-refractivity contribution in [2.75, 3.05) is 5.75 Å². The molecule has 0 heterocycles. The molecule has 0 fully saturated rings. The first kappa shape index (κ1) is 16.8. The number of carbonyl (C=O) groups excluding carboxylic acids is 1. The molecule has 1 atom stereocenters. The summed E-state index contributed by atoms with van der Waals surface area (Å²) in [7, 11) is 0. The summed E-state index contributed by atoms with van der Waals surface area (Å²) < 4.78 is 12.9. The Labute approximate surface area is 139 Å². The number of carbonyl (C=O) groups is 1. The molecule has 2 rings (SSSR count). The lowest BCUT2D eigenvalue weighted by Crippen LogP contribution is -2.28. The van der Waals surface area contributed by atoms with E-state index in [-0.39, 0.29) is 17.8 Å². The van der Waals surface area contributed by atoms with E-state index in [9.17, 15) is 9.18 Å². The third-order valence-electron chi connectivity index (χ3n) is 3.16. The van der Waals surface area contributed by atoms with Gasteiger partial charge in [-0.2, -0.15) is 0 Å². The van der Waals surface area contributed by atoms with Gasteiger partial charge < -0.3 is 5.32 Å². The molecule has 22 heavy (non-hydrogen) atoms. The zero-order valence-electron chi connectivity index (χ0n) is 12.2. The SMILES string of the molecule is C[C@@H](NC(=O)CSCc1ccc(Cl)cc1)c1ccc(F)cc1. The molecule has 2 aromatic carbocycles. The summed E-state index contributed by atoms with van der Waals surface area (Å²) in [6.45, 7) is 1.88. The van der Waals surface area contributed by atoms with Gasteiger partial charge in [0.1, 0.15) is 5.82 Å². The lowest BCUT2D eigenvalue weighted by atomic mass is 10.1. The Balaban J connectivity index is 1.75. The number of halogens is 2. The molecule has 1 amide bonds. The molecule has 0 saturated heterocycles. The van der Waals surface area contributed by atoms with Crippen LogP contribution in [0.2, 0.25) is 5.02 Å². The first-order valence-corrected chi connectivity index (χ1v) is 8.45. The molecule has 5 heteroatoms. The van der Waals surface area contributed by atoms with Gasteiger partial charge in [0.2, 0.25) is 5.91 Å². The first-order chi connectivity index (χ1) is 10.5. The fourth-order valence-corrected chi connectivity index (χ4v) is 2.89. The van der Waals surface area contributed by atoms with Crippen molar-refractivity contribution < 1.29 is 9.18 Å². The molecule has 0 saturated carbocycles. The molecular formula is C17H17ClFNOS. The summed E-state index contributed by atoms with van der Waals surface area (Å²) in [5.74, 6) is 0.834. The second-order valence-corrected chi connectivity index (χ2v) is 6.38. The van der Waals surface area contributed by atoms with Gasteiger partial charge in [0.05, 0.1) is 11.8 Å². The van der Waals surface area contributed by atoms with E-state index in [1.54, 1.807) is 23.9 Å². The molecule has 0 unspecified atom stereocenters. The third kappa shape index (κ3) is 5.35. The lowest BCUT2D eigenvalue weighted by molar-refractivity contribution is -0.119. The number of amides is 1. The Hall–Kier alpha value is -1.52. The highest BCUT2D eigenvalue weighted by Gasteiger charge is 2.09. The van der Waals surface area contributed by atoms with Crippen molar-refractivity contribution >= 4 is 29.3 Å². The van der Waals surface area contributed by atoms with Crippen LogP contribution in [0, 0.1) is 5.82 Å². The van der Waals surface area contributed by atoms with Crippen LogP contribution in [0.3, 0.4) is 0 Å². The number of hydrogen-bond acceptors (Lipinski definition) is 2. The standard InChI is InChI=1S/C17H17ClFNOS/c1-12(14-4-8-16(19)9-5-14)20-17(21)11-22-10-13-2-6-15(18)7-3-13/h2-9,12H,10-11H2,1H3,(H,20,21)/t12-/m1/s1. The molecule has 1 N–H and O–H groups in total. The predicted octanol–water partition coefficient (Wildman–Crippen LogP) is 4.59. The van der Waals surface area contributed by atoms with Crippen LogP contribution in [0.5, 0.6) is 0 Å². The Morgan fingerprint density at radius 1 is 1.18 bits per heavy atom. The summed E-state index contributed by atoms with van der Waals surface area (Å²) >= 11 is 7.37. The van der Waals surface area contributed by atoms with E-state index in [1.807, 2.05) is 31.2 Å². The summed E-state index contributed by atoms with van der Waals surface area (Å²) in [6.07, 6.45) is 0. The second-order valence-electron chi connectivity index (χ2n) is 4.96. The summed E-state index contributed by atoms with van der Waals surface area (Å²) in [5.41, 5.74) is 2.02. The van der Waals surface area contributed by atoms with Crippen molar-refractivity contribution in [3.8, 4) is 0 Å². The van der Waals surface area contributed by atoms with Gasteiger partial charge in [-0.3, -0.25) is 4.79 Å². The topological polar surface area (TPSA) is 29.1 Å². The van der Waals surface area contributed by atoms with Gasteiger partial charge in [-0.25, -0.2) is 4.39 Å². The van der Waals surface area contributed by atoms with Gasteiger partial charge in [0, 0.05) is 10.8 Å². The molecule has 0 aliphatic rings. The molecule has 0 aliphatic carbocycles. The van der Waals surface area contributed by atoms with Crippen LogP contribution in [0.25, 0.3) is 0 Å². The number of rotatable bonds is 6. The van der Waals surface area contributed by atoms with Gasteiger partial charge in [-0.05, 0) is 42.3 Å². The molecule has 0 aliphatic heterocycles. The predicted molar refractivity (Wildman–Crippen MR) is 90.6 cm³/mol. The second kappa shape index (κ2) is 8.20. The van der Waals surface area contributed by atoms with E-state index in [0.29, 0.717) is 10.8 Å². The van der Waals surface area contributed by atoms with Crippen molar-refractivity contribution in [2.24, 2.45) is 0 Å². The fourth-order valence-electron chi connectivity index (χ4n) is 1.96. The molecule has 0 spiro atoms. The maximum Gasteiger partial charge on any atom is 0.230 e.